The number of nitrogens with one attached hydrogen (secondary N) is 2. The number of rotatable bonds is 7. The Balaban J connectivity index is 2.20. The van der Waals surface area contributed by atoms with Crippen LogP contribution >= 0.6 is 11.6 Å². The van der Waals surface area contributed by atoms with Crippen LogP contribution in [0, 0.1) is 0 Å². The van der Waals surface area contributed by atoms with Crippen LogP contribution < -0.4 is 10.6 Å². The van der Waals surface area contributed by atoms with Crippen molar-refractivity contribution in [3.63, 3.8) is 0 Å². The predicted octanol–water partition coefficient (Wildman–Crippen LogP) is 1.30. The van der Waals surface area contributed by atoms with Crippen LogP contribution in [0.5, 0.6) is 0 Å². The van der Waals surface area contributed by atoms with E-state index in [1.54, 1.807) is 24.3 Å². The molecule has 1 aromatic rings. The summed E-state index contributed by atoms with van der Waals surface area (Å²) in [5.74, 6) is -0.0552. The topological polar surface area (TPSA) is 75.3 Å². The van der Waals surface area contributed by atoms with Crippen molar-refractivity contribution < 1.29 is 13.2 Å². The lowest BCUT2D eigenvalue weighted by molar-refractivity contribution is -0.115. The molecule has 0 radical (unpaired) electrons. The minimum atomic E-state index is -2.93. The van der Waals surface area contributed by atoms with Gasteiger partial charge in [-0.15, -0.1) is 0 Å². The summed E-state index contributed by atoms with van der Waals surface area (Å²) in [7, 11) is -2.93. The summed E-state index contributed by atoms with van der Waals surface area (Å²) in [6, 6.07) is 6.81. The smallest absolute Gasteiger partial charge is 0.238 e. The molecular formula is C12H17ClN2O3S. The van der Waals surface area contributed by atoms with Crippen LogP contribution in [0.1, 0.15) is 6.42 Å². The fraction of sp³-hybridized carbons (Fsp3) is 0.417. The van der Waals surface area contributed by atoms with Gasteiger partial charge in [0.2, 0.25) is 5.91 Å². The first-order valence-electron chi connectivity index (χ1n) is 5.81. The minimum absolute atomic E-state index is 0.124. The number of carbonyl (C=O) groups excluding carboxylic acids is 1. The molecule has 0 aliphatic rings. The molecule has 1 rings (SSSR count). The molecule has 0 saturated carbocycles. The van der Waals surface area contributed by atoms with Crippen LogP contribution in [-0.2, 0) is 14.6 Å². The molecule has 0 fully saturated rings. The fourth-order valence-corrected chi connectivity index (χ4v) is 2.19. The molecule has 0 aromatic heterocycles. The third-order valence-electron chi connectivity index (χ3n) is 2.28. The van der Waals surface area contributed by atoms with Crippen molar-refractivity contribution >= 4 is 33.0 Å². The Bertz CT molecular complexity index is 514. The highest BCUT2D eigenvalue weighted by atomic mass is 35.5. The summed E-state index contributed by atoms with van der Waals surface area (Å²) in [5, 5.41) is 6.19. The Morgan fingerprint density at radius 3 is 2.47 bits per heavy atom. The van der Waals surface area contributed by atoms with Crippen LogP contribution in [0.2, 0.25) is 5.02 Å². The number of halogens is 1. The van der Waals surface area contributed by atoms with Crippen LogP contribution in [0.3, 0.4) is 0 Å². The molecule has 106 valence electrons. The van der Waals surface area contributed by atoms with E-state index < -0.39 is 9.84 Å². The average Bonchev–Trinajstić information content (AvgIpc) is 2.30. The van der Waals surface area contributed by atoms with Crippen molar-refractivity contribution in [3.05, 3.63) is 29.3 Å². The monoisotopic (exact) mass is 304 g/mol. The molecule has 1 amide bonds. The molecule has 0 aliphatic heterocycles. The Morgan fingerprint density at radius 1 is 1.26 bits per heavy atom. The molecule has 0 atom stereocenters. The number of hydrogen-bond acceptors (Lipinski definition) is 4. The predicted molar refractivity (Wildman–Crippen MR) is 77.3 cm³/mol. The quantitative estimate of drug-likeness (QED) is 0.745. The van der Waals surface area contributed by atoms with E-state index in [2.05, 4.69) is 10.6 Å². The van der Waals surface area contributed by atoms with Crippen molar-refractivity contribution in [1.82, 2.24) is 5.32 Å². The largest absolute Gasteiger partial charge is 0.325 e. The molecule has 1 aromatic carbocycles. The van der Waals surface area contributed by atoms with E-state index in [-0.39, 0.29) is 18.2 Å². The molecule has 7 heteroatoms. The maximum absolute atomic E-state index is 11.5. The maximum atomic E-state index is 11.5. The van der Waals surface area contributed by atoms with E-state index in [0.29, 0.717) is 23.7 Å². The molecular weight excluding hydrogens is 288 g/mol. The molecule has 5 nitrogen and oxygen atoms in total. The van der Waals surface area contributed by atoms with E-state index >= 15 is 0 Å². The zero-order valence-electron chi connectivity index (χ0n) is 10.6. The van der Waals surface area contributed by atoms with Crippen LogP contribution in [0.25, 0.3) is 0 Å². The molecule has 0 saturated heterocycles. The number of amides is 1. The zero-order valence-corrected chi connectivity index (χ0v) is 12.2. The Hall–Kier alpha value is -1.11. The van der Waals surface area contributed by atoms with Crippen molar-refractivity contribution in [1.29, 1.82) is 0 Å². The summed E-state index contributed by atoms with van der Waals surface area (Å²) >= 11 is 5.73. The molecule has 0 spiro atoms. The van der Waals surface area contributed by atoms with Crippen LogP contribution in [0.15, 0.2) is 24.3 Å². The van der Waals surface area contributed by atoms with E-state index in [9.17, 15) is 13.2 Å². The first-order chi connectivity index (χ1) is 8.87. The van der Waals surface area contributed by atoms with Gasteiger partial charge in [0.25, 0.3) is 0 Å². The van der Waals surface area contributed by atoms with E-state index in [0.717, 1.165) is 0 Å². The molecule has 2 N–H and O–H groups in total. The van der Waals surface area contributed by atoms with Crippen LogP contribution in [0.4, 0.5) is 5.69 Å². The zero-order chi connectivity index (χ0) is 14.3. The highest BCUT2D eigenvalue weighted by Crippen LogP contribution is 2.12. The second-order valence-electron chi connectivity index (χ2n) is 4.22. The number of sulfone groups is 1. The normalized spacial score (nSPS) is 11.3. The number of benzene rings is 1. The summed E-state index contributed by atoms with van der Waals surface area (Å²) in [4.78, 5) is 11.5. The number of anilines is 1. The van der Waals surface area contributed by atoms with Gasteiger partial charge in [-0.25, -0.2) is 8.42 Å². The number of carbonyl (C=O) groups is 1. The van der Waals surface area contributed by atoms with Gasteiger partial charge in [-0.05, 0) is 37.2 Å². The van der Waals surface area contributed by atoms with Gasteiger partial charge in [0.05, 0.1) is 12.3 Å². The lowest BCUT2D eigenvalue weighted by Crippen LogP contribution is -2.29. The average molecular weight is 305 g/mol. The third kappa shape index (κ3) is 7.81. The summed E-state index contributed by atoms with van der Waals surface area (Å²) < 4.78 is 21.8. The lowest BCUT2D eigenvalue weighted by Gasteiger charge is -2.06. The minimum Gasteiger partial charge on any atom is -0.325 e. The van der Waals surface area contributed by atoms with Gasteiger partial charge >= 0.3 is 0 Å². The van der Waals surface area contributed by atoms with Crippen molar-refractivity contribution in [3.8, 4) is 0 Å². The highest BCUT2D eigenvalue weighted by molar-refractivity contribution is 7.90. The van der Waals surface area contributed by atoms with E-state index in [4.69, 9.17) is 11.6 Å². The van der Waals surface area contributed by atoms with E-state index in [1.807, 2.05) is 0 Å². The van der Waals surface area contributed by atoms with Gasteiger partial charge in [0.1, 0.15) is 9.84 Å². The fourth-order valence-electron chi connectivity index (χ4n) is 1.40. The molecule has 0 unspecified atom stereocenters. The summed E-state index contributed by atoms with van der Waals surface area (Å²) in [6.45, 7) is 0.632. The Morgan fingerprint density at radius 2 is 1.89 bits per heavy atom. The Kier molecular flexibility index (Phi) is 6.27. The molecule has 0 bridgehead atoms. The SMILES string of the molecule is CS(=O)(=O)CCCNCC(=O)Nc1ccc(Cl)cc1. The third-order valence-corrected chi connectivity index (χ3v) is 3.56. The second-order valence-corrected chi connectivity index (χ2v) is 6.91. The van der Waals surface area contributed by atoms with Gasteiger partial charge in [-0.2, -0.15) is 0 Å². The van der Waals surface area contributed by atoms with Crippen molar-refractivity contribution in [2.24, 2.45) is 0 Å². The number of hydrogen-bond donors (Lipinski definition) is 2. The second kappa shape index (κ2) is 7.47. The van der Waals surface area contributed by atoms with Gasteiger partial charge in [-0.1, -0.05) is 11.6 Å². The van der Waals surface area contributed by atoms with Crippen LogP contribution in [-0.4, -0.2) is 39.4 Å². The lowest BCUT2D eigenvalue weighted by atomic mass is 10.3. The maximum Gasteiger partial charge on any atom is 0.238 e. The molecule has 0 heterocycles. The van der Waals surface area contributed by atoms with Gasteiger partial charge in [0, 0.05) is 17.0 Å². The van der Waals surface area contributed by atoms with Crippen molar-refractivity contribution in [2.45, 2.75) is 6.42 Å². The summed E-state index contributed by atoms with van der Waals surface area (Å²) in [6.07, 6.45) is 1.69. The van der Waals surface area contributed by atoms with E-state index in [1.165, 1.54) is 6.26 Å². The molecule has 0 aliphatic carbocycles. The summed E-state index contributed by atoms with van der Waals surface area (Å²) in [5.41, 5.74) is 0.673. The van der Waals surface area contributed by atoms with Gasteiger partial charge in [-0.3, -0.25) is 4.79 Å². The first-order valence-corrected chi connectivity index (χ1v) is 8.24. The van der Waals surface area contributed by atoms with Gasteiger partial charge in [0.15, 0.2) is 0 Å². The van der Waals surface area contributed by atoms with Crippen molar-refractivity contribution in [2.75, 3.05) is 30.4 Å². The highest BCUT2D eigenvalue weighted by Gasteiger charge is 2.03. The van der Waals surface area contributed by atoms with Gasteiger partial charge < -0.3 is 10.6 Å². The first kappa shape index (κ1) is 15.9. The molecule has 19 heavy (non-hydrogen) atoms. The Labute approximate surface area is 118 Å². The standard InChI is InChI=1S/C12H17ClN2O3S/c1-19(17,18)8-2-7-14-9-12(16)15-11-5-3-10(13)4-6-11/h3-6,14H,2,7-9H2,1H3,(H,15,16).